The third-order valence-corrected chi connectivity index (χ3v) is 6.95. The van der Waals surface area contributed by atoms with Crippen LogP contribution in [0, 0.1) is 11.8 Å². The smallest absolute Gasteiger partial charge is 0.410 e. The number of carbonyl (C=O) groups is 5. The molecule has 2 fully saturated rings. The van der Waals surface area contributed by atoms with Crippen LogP contribution in [-0.4, -0.2) is 76.6 Å². The van der Waals surface area contributed by atoms with Crippen molar-refractivity contribution in [2.45, 2.75) is 38.9 Å². The lowest BCUT2D eigenvalue weighted by molar-refractivity contribution is -0.127. The maximum Gasteiger partial charge on any atom is 0.410 e. The normalized spacial score (nSPS) is 17.8. The molecule has 2 aliphatic rings. The number of halogens is 2. The van der Waals surface area contributed by atoms with E-state index in [0.29, 0.717) is 26.2 Å². The minimum absolute atomic E-state index is 0.0389. The number of likely N-dealkylation sites (tertiary alicyclic amines) is 2. The number of aliphatic hydroxyl groups excluding tert-OH is 1. The van der Waals surface area contributed by atoms with E-state index in [1.54, 1.807) is 9.80 Å². The van der Waals surface area contributed by atoms with E-state index in [1.807, 2.05) is 60.7 Å². The highest BCUT2D eigenvalue weighted by Gasteiger charge is 2.25. The second-order valence-electron chi connectivity index (χ2n) is 9.75. The van der Waals surface area contributed by atoms with Gasteiger partial charge in [0.05, 0.1) is 0 Å². The lowest BCUT2D eigenvalue weighted by atomic mass is 10.00. The van der Waals surface area contributed by atoms with E-state index in [9.17, 15) is 24.0 Å². The van der Waals surface area contributed by atoms with Crippen LogP contribution in [0.3, 0.4) is 0 Å². The summed E-state index contributed by atoms with van der Waals surface area (Å²) in [4.78, 5) is 56.6. The molecular formula is C30H36Cl2N2O8. The molecule has 0 unspecified atom stereocenters. The molecule has 0 spiro atoms. The Morgan fingerprint density at radius 2 is 1.21 bits per heavy atom. The highest BCUT2D eigenvalue weighted by atomic mass is 35.5. The summed E-state index contributed by atoms with van der Waals surface area (Å²) >= 11 is 8.98. The molecule has 4 rings (SSSR count). The molecule has 228 valence electrons. The Hall–Kier alpha value is -3.47. The van der Waals surface area contributed by atoms with E-state index >= 15 is 0 Å². The van der Waals surface area contributed by atoms with Crippen molar-refractivity contribution in [2.24, 2.45) is 11.8 Å². The molecule has 42 heavy (non-hydrogen) atoms. The molecule has 0 aliphatic carbocycles. The zero-order valence-electron chi connectivity index (χ0n) is 23.2. The quantitative estimate of drug-likeness (QED) is 0.265. The summed E-state index contributed by atoms with van der Waals surface area (Å²) in [5.74, 6) is 0.158. The molecule has 2 aromatic carbocycles. The van der Waals surface area contributed by atoms with Gasteiger partial charge in [-0.2, -0.15) is 0 Å². The molecule has 2 heterocycles. The Balaban J connectivity index is 0.000000247. The first-order valence-electron chi connectivity index (χ1n) is 13.6. The maximum atomic E-state index is 11.9. The molecule has 0 aromatic heterocycles. The van der Waals surface area contributed by atoms with Crippen LogP contribution >= 0.6 is 23.2 Å². The van der Waals surface area contributed by atoms with Crippen molar-refractivity contribution in [3.8, 4) is 0 Å². The maximum absolute atomic E-state index is 11.9. The fourth-order valence-corrected chi connectivity index (χ4v) is 4.29. The van der Waals surface area contributed by atoms with Crippen molar-refractivity contribution in [1.82, 2.24) is 9.80 Å². The molecule has 2 atom stereocenters. The van der Waals surface area contributed by atoms with Gasteiger partial charge in [0.15, 0.2) is 0 Å². The first-order valence-corrected chi connectivity index (χ1v) is 14.4. The Labute approximate surface area is 255 Å². The SMILES string of the molecule is O=C(Cl)C(=O)Cl.O=C(OCc1ccccc1)N1CCC[C@@H](CO)C1.O=C[C@@H]1CCCN(C(=O)OCc2ccccc2)C1. The predicted molar refractivity (Wildman–Crippen MR) is 157 cm³/mol. The number of rotatable bonds is 7. The predicted octanol–water partition coefficient (Wildman–Crippen LogP) is 4.78. The van der Waals surface area contributed by atoms with Crippen molar-refractivity contribution in [3.05, 3.63) is 71.8 Å². The van der Waals surface area contributed by atoms with Gasteiger partial charge in [0, 0.05) is 38.7 Å². The molecule has 0 saturated carbocycles. The number of hydrogen-bond donors (Lipinski definition) is 1. The van der Waals surface area contributed by atoms with Crippen LogP contribution in [0.1, 0.15) is 36.8 Å². The Bertz CT molecular complexity index is 1120. The summed E-state index contributed by atoms with van der Waals surface area (Å²) < 4.78 is 10.5. The summed E-state index contributed by atoms with van der Waals surface area (Å²) in [5.41, 5.74) is 1.95. The summed E-state index contributed by atoms with van der Waals surface area (Å²) in [7, 11) is 0. The molecular weight excluding hydrogens is 587 g/mol. The fraction of sp³-hybridized carbons (Fsp3) is 0.433. The minimum atomic E-state index is -1.14. The molecule has 2 aromatic rings. The fourth-order valence-electron chi connectivity index (χ4n) is 4.29. The second kappa shape index (κ2) is 19.6. The van der Waals surface area contributed by atoms with Gasteiger partial charge in [-0.05, 0) is 65.9 Å². The molecule has 12 heteroatoms. The van der Waals surface area contributed by atoms with Crippen LogP contribution in [0.5, 0.6) is 0 Å². The summed E-state index contributed by atoms with van der Waals surface area (Å²) in [6.07, 6.45) is 3.97. The minimum Gasteiger partial charge on any atom is -0.445 e. The van der Waals surface area contributed by atoms with Crippen molar-refractivity contribution in [1.29, 1.82) is 0 Å². The third-order valence-electron chi connectivity index (χ3n) is 6.51. The first-order chi connectivity index (χ1) is 20.2. The molecule has 0 bridgehead atoms. The second-order valence-corrected chi connectivity index (χ2v) is 10.4. The van der Waals surface area contributed by atoms with Gasteiger partial charge >= 0.3 is 22.7 Å². The number of aliphatic hydroxyl groups is 1. The Morgan fingerprint density at radius 3 is 1.64 bits per heavy atom. The van der Waals surface area contributed by atoms with Gasteiger partial charge in [-0.3, -0.25) is 9.59 Å². The van der Waals surface area contributed by atoms with Crippen LogP contribution < -0.4 is 0 Å². The summed E-state index contributed by atoms with van der Waals surface area (Å²) in [6, 6.07) is 19.2. The zero-order chi connectivity index (χ0) is 30.7. The molecule has 2 saturated heterocycles. The van der Waals surface area contributed by atoms with Crippen molar-refractivity contribution >= 4 is 52.2 Å². The van der Waals surface area contributed by atoms with E-state index in [0.717, 1.165) is 49.6 Å². The Kier molecular flexibility index (Phi) is 16.2. The van der Waals surface area contributed by atoms with Crippen LogP contribution in [0.15, 0.2) is 60.7 Å². The number of piperidine rings is 2. The molecule has 0 radical (unpaired) electrons. The lowest BCUT2D eigenvalue weighted by Crippen LogP contribution is -2.41. The van der Waals surface area contributed by atoms with Gasteiger partial charge in [-0.25, -0.2) is 9.59 Å². The monoisotopic (exact) mass is 622 g/mol. The zero-order valence-corrected chi connectivity index (χ0v) is 24.8. The van der Waals surface area contributed by atoms with E-state index in [1.165, 1.54) is 0 Å². The molecule has 2 aliphatic heterocycles. The molecule has 2 amide bonds. The van der Waals surface area contributed by atoms with Crippen molar-refractivity contribution in [3.63, 3.8) is 0 Å². The highest BCUT2D eigenvalue weighted by molar-refractivity contribution is 6.97. The highest BCUT2D eigenvalue weighted by Crippen LogP contribution is 2.17. The van der Waals surface area contributed by atoms with E-state index < -0.39 is 10.5 Å². The standard InChI is InChI=1S/C14H19NO3.C14H17NO3.C2Cl2O2/c2*16-10-13-7-4-8-15(9-13)14(17)18-11-12-5-2-1-3-6-12;3-1(5)2(4)6/h1-3,5-6,13,16H,4,7-11H2;1-3,5-6,10,13H,4,7-9,11H2;/t2*13-;/m11./s1. The van der Waals surface area contributed by atoms with E-state index in [4.69, 9.17) is 14.6 Å². The first kappa shape index (κ1) is 34.7. The lowest BCUT2D eigenvalue weighted by Gasteiger charge is -2.31. The molecule has 10 nitrogen and oxygen atoms in total. The van der Waals surface area contributed by atoms with Crippen LogP contribution in [0.2, 0.25) is 0 Å². The third kappa shape index (κ3) is 13.5. The Morgan fingerprint density at radius 1 is 0.762 bits per heavy atom. The van der Waals surface area contributed by atoms with Crippen molar-refractivity contribution < 1.29 is 38.6 Å². The number of carbonyl (C=O) groups excluding carboxylic acids is 5. The van der Waals surface area contributed by atoms with Gasteiger partial charge in [0.1, 0.15) is 19.5 Å². The summed E-state index contributed by atoms with van der Waals surface area (Å²) in [6.45, 7) is 3.22. The van der Waals surface area contributed by atoms with Gasteiger partial charge in [-0.15, -0.1) is 0 Å². The largest absolute Gasteiger partial charge is 0.445 e. The topological polar surface area (TPSA) is 131 Å². The van der Waals surface area contributed by atoms with Gasteiger partial charge in [0.25, 0.3) is 0 Å². The average molecular weight is 624 g/mol. The van der Waals surface area contributed by atoms with Crippen LogP contribution in [0.25, 0.3) is 0 Å². The number of benzene rings is 2. The van der Waals surface area contributed by atoms with Gasteiger partial charge in [-0.1, -0.05) is 60.7 Å². The number of amides is 2. The molecule has 1 N–H and O–H groups in total. The van der Waals surface area contributed by atoms with Crippen LogP contribution in [-0.2, 0) is 37.1 Å². The summed E-state index contributed by atoms with van der Waals surface area (Å²) in [5, 5.41) is 6.84. The van der Waals surface area contributed by atoms with E-state index in [-0.39, 0.29) is 37.2 Å². The number of ether oxygens (including phenoxy) is 2. The van der Waals surface area contributed by atoms with Crippen LogP contribution in [0.4, 0.5) is 9.59 Å². The van der Waals surface area contributed by atoms with Gasteiger partial charge in [0.2, 0.25) is 0 Å². The average Bonchev–Trinajstić information content (AvgIpc) is 3.04. The van der Waals surface area contributed by atoms with Crippen molar-refractivity contribution in [2.75, 3.05) is 32.8 Å². The number of aldehydes is 1. The van der Waals surface area contributed by atoms with Gasteiger partial charge < -0.3 is 29.2 Å². The van der Waals surface area contributed by atoms with E-state index in [2.05, 4.69) is 23.2 Å². The number of nitrogens with zero attached hydrogens (tertiary/aromatic N) is 2. The number of hydrogen-bond acceptors (Lipinski definition) is 8.